The molecular formula is C21H21ClN2O4. The molecule has 7 heteroatoms. The van der Waals surface area contributed by atoms with Gasteiger partial charge in [0.15, 0.2) is 11.4 Å². The molecule has 0 saturated carbocycles. The van der Waals surface area contributed by atoms with Crippen LogP contribution in [-0.4, -0.2) is 54.7 Å². The van der Waals surface area contributed by atoms with Crippen LogP contribution in [0.5, 0.6) is 0 Å². The Morgan fingerprint density at radius 3 is 2.54 bits per heavy atom. The number of fused-ring (bicyclic) bond motifs is 1. The third kappa shape index (κ3) is 3.33. The number of ether oxygens (including phenoxy) is 1. The molecular weight excluding hydrogens is 380 g/mol. The van der Waals surface area contributed by atoms with E-state index in [-0.39, 0.29) is 12.2 Å². The highest BCUT2D eigenvalue weighted by atomic mass is 35.5. The maximum atomic E-state index is 13.2. The molecule has 6 nitrogen and oxygen atoms in total. The summed E-state index contributed by atoms with van der Waals surface area (Å²) < 4.78 is 5.36. The molecule has 0 radical (unpaired) electrons. The molecule has 2 aromatic carbocycles. The quantitative estimate of drug-likeness (QED) is 0.780. The molecule has 2 heterocycles. The van der Waals surface area contributed by atoms with Crippen molar-refractivity contribution in [1.82, 2.24) is 4.90 Å². The van der Waals surface area contributed by atoms with Gasteiger partial charge in [-0.2, -0.15) is 0 Å². The largest absolute Gasteiger partial charge is 0.379 e. The molecule has 0 spiro atoms. The van der Waals surface area contributed by atoms with Crippen molar-refractivity contribution >= 4 is 29.0 Å². The average molecular weight is 401 g/mol. The third-order valence-electron chi connectivity index (χ3n) is 5.28. The highest BCUT2D eigenvalue weighted by Crippen LogP contribution is 2.43. The normalized spacial score (nSPS) is 22.4. The van der Waals surface area contributed by atoms with Crippen LogP contribution in [0, 0.1) is 0 Å². The minimum absolute atomic E-state index is 0.300. The molecule has 146 valence electrons. The summed E-state index contributed by atoms with van der Waals surface area (Å²) in [6.45, 7) is 2.99. The molecule has 0 aromatic heterocycles. The number of halogens is 1. The number of carbonyl (C=O) groups is 2. The maximum absolute atomic E-state index is 13.2. The Balaban J connectivity index is 1.64. The first-order valence-electron chi connectivity index (χ1n) is 9.22. The van der Waals surface area contributed by atoms with E-state index in [0.29, 0.717) is 54.8 Å². The van der Waals surface area contributed by atoms with Gasteiger partial charge in [-0.1, -0.05) is 41.9 Å². The number of carbonyl (C=O) groups excluding carboxylic acids is 2. The summed E-state index contributed by atoms with van der Waals surface area (Å²) in [7, 11) is 0. The minimum Gasteiger partial charge on any atom is -0.379 e. The molecule has 1 saturated heterocycles. The number of hydrogen-bond acceptors (Lipinski definition) is 5. The number of amides is 1. The van der Waals surface area contributed by atoms with Crippen molar-refractivity contribution in [3.63, 3.8) is 0 Å². The van der Waals surface area contributed by atoms with Crippen LogP contribution in [0.3, 0.4) is 0 Å². The second-order valence-electron chi connectivity index (χ2n) is 7.06. The summed E-state index contributed by atoms with van der Waals surface area (Å²) in [5, 5.41) is 11.6. The van der Waals surface area contributed by atoms with Crippen LogP contribution < -0.4 is 4.90 Å². The van der Waals surface area contributed by atoms with Gasteiger partial charge in [-0.05, 0) is 18.2 Å². The second-order valence-corrected chi connectivity index (χ2v) is 7.47. The first kappa shape index (κ1) is 19.1. The van der Waals surface area contributed by atoms with Gasteiger partial charge in [0.05, 0.1) is 37.0 Å². The van der Waals surface area contributed by atoms with E-state index in [0.717, 1.165) is 0 Å². The molecule has 0 bridgehead atoms. The predicted octanol–water partition coefficient (Wildman–Crippen LogP) is 2.44. The highest BCUT2D eigenvalue weighted by molar-refractivity contribution is 6.34. The van der Waals surface area contributed by atoms with Crippen LogP contribution in [0.1, 0.15) is 22.3 Å². The molecule has 2 aliphatic heterocycles. The topological polar surface area (TPSA) is 70.1 Å². The summed E-state index contributed by atoms with van der Waals surface area (Å²) >= 11 is 6.13. The summed E-state index contributed by atoms with van der Waals surface area (Å²) in [6.07, 6.45) is -0.355. The lowest BCUT2D eigenvalue weighted by Gasteiger charge is -2.31. The first-order valence-corrected chi connectivity index (χ1v) is 9.60. The van der Waals surface area contributed by atoms with E-state index in [4.69, 9.17) is 16.3 Å². The Morgan fingerprint density at radius 1 is 1.11 bits per heavy atom. The van der Waals surface area contributed by atoms with E-state index in [9.17, 15) is 14.7 Å². The van der Waals surface area contributed by atoms with Gasteiger partial charge in [-0.15, -0.1) is 0 Å². The van der Waals surface area contributed by atoms with Gasteiger partial charge in [-0.3, -0.25) is 19.4 Å². The molecule has 1 atom stereocenters. The Bertz CT molecular complexity index is 913. The van der Waals surface area contributed by atoms with Crippen LogP contribution in [0.15, 0.2) is 48.5 Å². The number of Topliss-reactive ketones (excluding diaryl/α,β-unsaturated/α-hetero) is 1. The average Bonchev–Trinajstić information content (AvgIpc) is 2.91. The monoisotopic (exact) mass is 400 g/mol. The summed E-state index contributed by atoms with van der Waals surface area (Å²) in [5.41, 5.74) is -0.518. The maximum Gasteiger partial charge on any atom is 0.265 e. The molecule has 2 aromatic rings. The molecule has 2 aliphatic rings. The van der Waals surface area contributed by atoms with E-state index in [2.05, 4.69) is 4.90 Å². The van der Waals surface area contributed by atoms with Crippen LogP contribution in [0.25, 0.3) is 0 Å². The lowest BCUT2D eigenvalue weighted by atomic mass is 9.88. The van der Waals surface area contributed by atoms with Crippen LogP contribution >= 0.6 is 11.6 Å². The van der Waals surface area contributed by atoms with E-state index in [1.54, 1.807) is 47.4 Å². The highest BCUT2D eigenvalue weighted by Gasteiger charge is 2.51. The van der Waals surface area contributed by atoms with Crippen molar-refractivity contribution in [3.05, 3.63) is 64.7 Å². The van der Waals surface area contributed by atoms with E-state index < -0.39 is 11.5 Å². The van der Waals surface area contributed by atoms with Crippen molar-refractivity contribution in [2.24, 2.45) is 0 Å². The smallest absolute Gasteiger partial charge is 0.265 e. The number of nitrogens with zero attached hydrogens (tertiary/aromatic N) is 2. The fourth-order valence-corrected chi connectivity index (χ4v) is 4.02. The lowest BCUT2D eigenvalue weighted by Crippen LogP contribution is -2.49. The molecule has 28 heavy (non-hydrogen) atoms. The second kappa shape index (κ2) is 7.64. The van der Waals surface area contributed by atoms with Crippen molar-refractivity contribution in [1.29, 1.82) is 0 Å². The summed E-state index contributed by atoms with van der Waals surface area (Å²) in [6, 6.07) is 13.7. The minimum atomic E-state index is -1.90. The summed E-state index contributed by atoms with van der Waals surface area (Å²) in [4.78, 5) is 29.7. The number of hydrogen-bond donors (Lipinski definition) is 1. The third-order valence-corrected chi connectivity index (χ3v) is 5.60. The van der Waals surface area contributed by atoms with Crippen molar-refractivity contribution in [2.75, 3.05) is 37.9 Å². The van der Waals surface area contributed by atoms with E-state index in [1.807, 2.05) is 6.07 Å². The predicted molar refractivity (Wildman–Crippen MR) is 105 cm³/mol. The van der Waals surface area contributed by atoms with Crippen molar-refractivity contribution in [3.8, 4) is 0 Å². The Morgan fingerprint density at radius 2 is 1.79 bits per heavy atom. The van der Waals surface area contributed by atoms with Crippen molar-refractivity contribution in [2.45, 2.75) is 12.0 Å². The first-order chi connectivity index (χ1) is 13.5. The number of ketones is 1. The SMILES string of the molecule is O=C(C[C@@]1(O)C(=O)N(CN2CCOCC2)c2ccccc21)c1ccccc1Cl. The number of morpholine rings is 1. The number of aliphatic hydroxyl groups is 1. The lowest BCUT2D eigenvalue weighted by molar-refractivity contribution is -0.136. The van der Waals surface area contributed by atoms with Crippen LogP contribution in [0.2, 0.25) is 5.02 Å². The molecule has 1 amide bonds. The Labute approximate surface area is 168 Å². The molecule has 0 unspecified atom stereocenters. The fraction of sp³-hybridized carbons (Fsp3) is 0.333. The van der Waals surface area contributed by atoms with Crippen LogP contribution in [-0.2, 0) is 15.1 Å². The zero-order valence-electron chi connectivity index (χ0n) is 15.3. The van der Waals surface area contributed by atoms with Crippen LogP contribution in [0.4, 0.5) is 5.69 Å². The van der Waals surface area contributed by atoms with Gasteiger partial charge in [0.25, 0.3) is 5.91 Å². The van der Waals surface area contributed by atoms with Gasteiger partial charge in [0.2, 0.25) is 0 Å². The van der Waals surface area contributed by atoms with Crippen molar-refractivity contribution < 1.29 is 19.4 Å². The number of para-hydroxylation sites is 1. The molecule has 1 N–H and O–H groups in total. The Kier molecular flexibility index (Phi) is 5.21. The molecule has 4 rings (SSSR count). The number of benzene rings is 2. The van der Waals surface area contributed by atoms with Gasteiger partial charge in [0, 0.05) is 24.2 Å². The van der Waals surface area contributed by atoms with Gasteiger partial charge in [0.1, 0.15) is 0 Å². The van der Waals surface area contributed by atoms with Gasteiger partial charge in [-0.25, -0.2) is 0 Å². The van der Waals surface area contributed by atoms with E-state index >= 15 is 0 Å². The Hall–Kier alpha value is -2.25. The zero-order valence-corrected chi connectivity index (χ0v) is 16.1. The fourth-order valence-electron chi connectivity index (χ4n) is 3.78. The molecule has 0 aliphatic carbocycles. The number of anilines is 1. The van der Waals surface area contributed by atoms with Gasteiger partial charge >= 0.3 is 0 Å². The van der Waals surface area contributed by atoms with E-state index in [1.165, 1.54) is 0 Å². The zero-order chi connectivity index (χ0) is 19.7. The standard InChI is InChI=1S/C21H21ClN2O4/c22-17-7-3-1-5-15(17)19(25)13-21(27)16-6-2-4-8-18(16)24(20(21)26)14-23-9-11-28-12-10-23/h1-8,27H,9-14H2/t21-/m0/s1. The number of rotatable bonds is 5. The molecule has 1 fully saturated rings. The summed E-state index contributed by atoms with van der Waals surface area (Å²) in [5.74, 6) is -0.856. The van der Waals surface area contributed by atoms with Gasteiger partial charge < -0.3 is 9.84 Å².